The molecule has 0 atom stereocenters. The molecule has 1 aromatic carbocycles. The van der Waals surface area contributed by atoms with Crippen LogP contribution in [0.4, 0.5) is 0 Å². The molecule has 0 spiro atoms. The lowest BCUT2D eigenvalue weighted by Gasteiger charge is -2.37. The van der Waals surface area contributed by atoms with Gasteiger partial charge >= 0.3 is 0 Å². The number of ether oxygens (including phenoxy) is 1. The van der Waals surface area contributed by atoms with Gasteiger partial charge in [0.15, 0.2) is 0 Å². The van der Waals surface area contributed by atoms with Gasteiger partial charge in [-0.1, -0.05) is 51.1 Å². The van der Waals surface area contributed by atoms with Crippen LogP contribution in [-0.2, 0) is 20.9 Å². The van der Waals surface area contributed by atoms with Gasteiger partial charge in [-0.05, 0) is 5.56 Å². The molecule has 2 amide bonds. The lowest BCUT2D eigenvalue weighted by atomic mass is 9.94. The number of nitrogens with zero attached hydrogens (tertiary/aromatic N) is 2. The van der Waals surface area contributed by atoms with E-state index in [2.05, 4.69) is 0 Å². The minimum absolute atomic E-state index is 0.0104. The first-order valence-corrected chi connectivity index (χ1v) is 8.07. The molecule has 1 aliphatic heterocycles. The average Bonchev–Trinajstić information content (AvgIpc) is 2.54. The zero-order valence-corrected chi connectivity index (χ0v) is 14.2. The summed E-state index contributed by atoms with van der Waals surface area (Å²) >= 11 is 0. The van der Waals surface area contributed by atoms with Crippen LogP contribution in [0.25, 0.3) is 0 Å². The maximum Gasteiger partial charge on any atom is 0.248 e. The average molecular weight is 318 g/mol. The maximum atomic E-state index is 12.2. The highest BCUT2D eigenvalue weighted by molar-refractivity contribution is 5.82. The van der Waals surface area contributed by atoms with Crippen molar-refractivity contribution in [3.8, 4) is 0 Å². The molecule has 1 aliphatic rings. The van der Waals surface area contributed by atoms with Gasteiger partial charge in [-0.15, -0.1) is 0 Å². The number of carbonyl (C=O) groups excluding carboxylic acids is 2. The van der Waals surface area contributed by atoms with Crippen LogP contribution in [0, 0.1) is 5.41 Å². The molecule has 1 aromatic rings. The predicted octanol–water partition coefficient (Wildman–Crippen LogP) is 1.92. The first-order valence-electron chi connectivity index (χ1n) is 8.07. The highest BCUT2D eigenvalue weighted by Gasteiger charge is 2.30. The fraction of sp³-hybridized carbons (Fsp3) is 0.556. The fourth-order valence-corrected chi connectivity index (χ4v) is 2.55. The molecular weight excluding hydrogens is 292 g/mol. The highest BCUT2D eigenvalue weighted by Crippen LogP contribution is 2.18. The van der Waals surface area contributed by atoms with E-state index in [0.29, 0.717) is 32.8 Å². The molecule has 5 heteroatoms. The third-order valence-corrected chi connectivity index (χ3v) is 3.90. The predicted molar refractivity (Wildman–Crippen MR) is 88.7 cm³/mol. The van der Waals surface area contributed by atoms with Gasteiger partial charge in [0.25, 0.3) is 0 Å². The maximum absolute atomic E-state index is 12.2. The molecule has 1 fully saturated rings. The Morgan fingerprint density at radius 2 is 1.57 bits per heavy atom. The normalized spacial score (nSPS) is 15.6. The number of rotatable bonds is 4. The highest BCUT2D eigenvalue weighted by atomic mass is 16.5. The lowest BCUT2D eigenvalue weighted by molar-refractivity contribution is -0.146. The standard InChI is InChI=1S/C18H26N2O3/c1-18(2,3)17(22)20-11-9-19(10-12-20)16(21)14-23-13-15-7-5-4-6-8-15/h4-8H,9-14H2,1-3H3. The summed E-state index contributed by atoms with van der Waals surface area (Å²) in [5, 5.41) is 0. The minimum Gasteiger partial charge on any atom is -0.367 e. The van der Waals surface area contributed by atoms with Crippen LogP contribution in [-0.4, -0.2) is 54.4 Å². The molecule has 0 N–H and O–H groups in total. The molecule has 0 aromatic heterocycles. The second-order valence-corrected chi connectivity index (χ2v) is 6.90. The molecule has 0 bridgehead atoms. The Labute approximate surface area is 138 Å². The molecule has 0 unspecified atom stereocenters. The van der Waals surface area contributed by atoms with Crippen LogP contribution in [0.2, 0.25) is 0 Å². The molecule has 0 aliphatic carbocycles. The van der Waals surface area contributed by atoms with Crippen molar-refractivity contribution in [1.82, 2.24) is 9.80 Å². The summed E-state index contributed by atoms with van der Waals surface area (Å²) < 4.78 is 5.49. The van der Waals surface area contributed by atoms with Gasteiger partial charge in [0, 0.05) is 31.6 Å². The number of amides is 2. The SMILES string of the molecule is CC(C)(C)C(=O)N1CCN(C(=O)COCc2ccccc2)CC1. The minimum atomic E-state index is -0.370. The number of hydrogen-bond acceptors (Lipinski definition) is 3. The molecule has 1 heterocycles. The van der Waals surface area contributed by atoms with Crippen molar-refractivity contribution < 1.29 is 14.3 Å². The number of carbonyl (C=O) groups is 2. The molecule has 2 rings (SSSR count). The summed E-state index contributed by atoms with van der Waals surface area (Å²) in [4.78, 5) is 28.0. The van der Waals surface area contributed by atoms with E-state index >= 15 is 0 Å². The molecule has 0 saturated carbocycles. The second kappa shape index (κ2) is 7.59. The third kappa shape index (κ3) is 5.06. The van der Waals surface area contributed by atoms with E-state index in [1.54, 1.807) is 4.90 Å². The number of hydrogen-bond donors (Lipinski definition) is 0. The Morgan fingerprint density at radius 3 is 2.13 bits per heavy atom. The van der Waals surface area contributed by atoms with Crippen LogP contribution in [0.5, 0.6) is 0 Å². The summed E-state index contributed by atoms with van der Waals surface area (Å²) in [6.45, 7) is 8.64. The number of piperazine rings is 1. The summed E-state index contributed by atoms with van der Waals surface area (Å²) in [5.41, 5.74) is 0.686. The Hall–Kier alpha value is -1.88. The van der Waals surface area contributed by atoms with Crippen molar-refractivity contribution in [2.75, 3.05) is 32.8 Å². The summed E-state index contributed by atoms with van der Waals surface area (Å²) in [5.74, 6) is 0.133. The quantitative estimate of drug-likeness (QED) is 0.852. The Kier molecular flexibility index (Phi) is 5.77. The Morgan fingerprint density at radius 1 is 1.00 bits per heavy atom. The first-order chi connectivity index (χ1) is 10.9. The van der Waals surface area contributed by atoms with Gasteiger partial charge in [-0.25, -0.2) is 0 Å². The van der Waals surface area contributed by atoms with Crippen LogP contribution >= 0.6 is 0 Å². The van der Waals surface area contributed by atoms with Crippen LogP contribution in [0.3, 0.4) is 0 Å². The van der Waals surface area contributed by atoms with Gasteiger partial charge < -0.3 is 14.5 Å². The molecule has 1 saturated heterocycles. The van der Waals surface area contributed by atoms with E-state index in [-0.39, 0.29) is 23.8 Å². The summed E-state index contributed by atoms with van der Waals surface area (Å²) in [6, 6.07) is 9.80. The fourth-order valence-electron chi connectivity index (χ4n) is 2.55. The summed E-state index contributed by atoms with van der Waals surface area (Å²) in [6.07, 6.45) is 0. The smallest absolute Gasteiger partial charge is 0.248 e. The number of benzene rings is 1. The molecule has 5 nitrogen and oxygen atoms in total. The molecule has 126 valence electrons. The van der Waals surface area contributed by atoms with Gasteiger partial charge in [-0.2, -0.15) is 0 Å². The van der Waals surface area contributed by atoms with Crippen molar-refractivity contribution in [3.63, 3.8) is 0 Å². The Balaban J connectivity index is 1.72. The van der Waals surface area contributed by atoms with E-state index in [9.17, 15) is 9.59 Å². The topological polar surface area (TPSA) is 49.9 Å². The van der Waals surface area contributed by atoms with Gasteiger partial charge in [0.05, 0.1) is 6.61 Å². The first kappa shape index (κ1) is 17.5. The van der Waals surface area contributed by atoms with E-state index < -0.39 is 0 Å². The largest absolute Gasteiger partial charge is 0.367 e. The van der Waals surface area contributed by atoms with Crippen molar-refractivity contribution in [2.24, 2.45) is 5.41 Å². The van der Waals surface area contributed by atoms with Crippen LogP contribution in [0.15, 0.2) is 30.3 Å². The van der Waals surface area contributed by atoms with Crippen molar-refractivity contribution in [2.45, 2.75) is 27.4 Å². The monoisotopic (exact) mass is 318 g/mol. The van der Waals surface area contributed by atoms with Crippen LogP contribution < -0.4 is 0 Å². The van der Waals surface area contributed by atoms with Gasteiger partial charge in [0.1, 0.15) is 6.61 Å². The van der Waals surface area contributed by atoms with Crippen molar-refractivity contribution in [1.29, 1.82) is 0 Å². The molecular formula is C18H26N2O3. The van der Waals surface area contributed by atoms with Crippen LogP contribution in [0.1, 0.15) is 26.3 Å². The summed E-state index contributed by atoms with van der Waals surface area (Å²) in [7, 11) is 0. The zero-order valence-electron chi connectivity index (χ0n) is 14.2. The van der Waals surface area contributed by atoms with E-state index in [4.69, 9.17) is 4.74 Å². The Bertz CT molecular complexity index is 529. The molecule has 0 radical (unpaired) electrons. The third-order valence-electron chi connectivity index (χ3n) is 3.90. The van der Waals surface area contributed by atoms with Gasteiger partial charge in [-0.3, -0.25) is 9.59 Å². The van der Waals surface area contributed by atoms with E-state index in [1.165, 1.54) is 0 Å². The lowest BCUT2D eigenvalue weighted by Crippen LogP contribution is -2.53. The van der Waals surface area contributed by atoms with E-state index in [0.717, 1.165) is 5.56 Å². The van der Waals surface area contributed by atoms with Crippen molar-refractivity contribution >= 4 is 11.8 Å². The van der Waals surface area contributed by atoms with E-state index in [1.807, 2.05) is 56.0 Å². The van der Waals surface area contributed by atoms with Gasteiger partial charge in [0.2, 0.25) is 11.8 Å². The molecule has 23 heavy (non-hydrogen) atoms. The van der Waals surface area contributed by atoms with Crippen molar-refractivity contribution in [3.05, 3.63) is 35.9 Å². The zero-order chi connectivity index (χ0) is 16.9. The second-order valence-electron chi connectivity index (χ2n) is 6.90.